The molecule has 3 aromatic rings. The normalized spacial score (nSPS) is 17.4. The van der Waals surface area contributed by atoms with Crippen molar-refractivity contribution in [3.8, 4) is 11.4 Å². The van der Waals surface area contributed by atoms with Crippen LogP contribution in [0.2, 0.25) is 0 Å². The third kappa shape index (κ3) is 3.69. The number of aromatic nitrogens is 3. The number of likely N-dealkylation sites (tertiary alicyclic amines) is 1. The van der Waals surface area contributed by atoms with E-state index in [4.69, 9.17) is 4.74 Å². The summed E-state index contributed by atoms with van der Waals surface area (Å²) in [5, 5.41) is 5.61. The summed E-state index contributed by atoms with van der Waals surface area (Å²) in [4.78, 5) is 15.0. The number of fused-ring (bicyclic) bond motifs is 1. The molecule has 146 valence electrons. The van der Waals surface area contributed by atoms with Crippen molar-refractivity contribution in [2.45, 2.75) is 32.2 Å². The van der Waals surface area contributed by atoms with Crippen LogP contribution in [0.25, 0.3) is 16.6 Å². The Hall–Kier alpha value is -2.60. The smallest absolute Gasteiger partial charge is 0.258 e. The lowest BCUT2D eigenvalue weighted by molar-refractivity contribution is 0.299. The number of hydrogen-bond donors (Lipinski definition) is 0. The Morgan fingerprint density at radius 3 is 2.71 bits per heavy atom. The first-order valence-electron chi connectivity index (χ1n) is 10.3. The molecule has 0 unspecified atom stereocenters. The van der Waals surface area contributed by atoms with E-state index < -0.39 is 0 Å². The predicted molar refractivity (Wildman–Crippen MR) is 109 cm³/mol. The van der Waals surface area contributed by atoms with E-state index in [2.05, 4.69) is 20.7 Å². The minimum atomic E-state index is -0.0749. The molecular weight excluding hydrogens is 352 g/mol. The maximum atomic E-state index is 12.5. The lowest BCUT2D eigenvalue weighted by Crippen LogP contribution is -2.24. The summed E-state index contributed by atoms with van der Waals surface area (Å²) < 4.78 is 9.44. The SMILES string of the molecule is O=c1cc(OCC2CC2)ccn1-c1ccc2c(cnn2CCN2CCCC2)c1. The number of nitrogens with zero attached hydrogens (tertiary/aromatic N) is 4. The molecule has 0 bridgehead atoms. The molecule has 0 atom stereocenters. The van der Waals surface area contributed by atoms with Crippen molar-refractivity contribution in [3.05, 3.63) is 53.1 Å². The first-order valence-corrected chi connectivity index (χ1v) is 10.3. The fraction of sp³-hybridized carbons (Fsp3) is 0.455. The number of ether oxygens (including phenoxy) is 1. The van der Waals surface area contributed by atoms with Gasteiger partial charge in [0.2, 0.25) is 0 Å². The van der Waals surface area contributed by atoms with E-state index in [0.29, 0.717) is 18.3 Å². The van der Waals surface area contributed by atoms with Crippen LogP contribution in [0.1, 0.15) is 25.7 Å². The van der Waals surface area contributed by atoms with Crippen LogP contribution in [-0.4, -0.2) is 45.5 Å². The molecule has 1 aromatic carbocycles. The van der Waals surface area contributed by atoms with Crippen molar-refractivity contribution < 1.29 is 4.74 Å². The lowest BCUT2D eigenvalue weighted by Gasteiger charge is -2.14. The molecule has 1 aliphatic carbocycles. The van der Waals surface area contributed by atoms with Gasteiger partial charge in [0.25, 0.3) is 5.56 Å². The summed E-state index contributed by atoms with van der Waals surface area (Å²) in [6.45, 7) is 5.06. The number of hydrogen-bond acceptors (Lipinski definition) is 4. The molecule has 2 aromatic heterocycles. The average molecular weight is 378 g/mol. The third-order valence-corrected chi connectivity index (χ3v) is 5.80. The van der Waals surface area contributed by atoms with E-state index >= 15 is 0 Å². The molecule has 1 aliphatic heterocycles. The molecule has 6 nitrogen and oxygen atoms in total. The van der Waals surface area contributed by atoms with Crippen LogP contribution in [0, 0.1) is 5.92 Å². The number of benzene rings is 1. The van der Waals surface area contributed by atoms with Gasteiger partial charge in [0, 0.05) is 29.9 Å². The van der Waals surface area contributed by atoms with Crippen LogP contribution in [0.3, 0.4) is 0 Å². The summed E-state index contributed by atoms with van der Waals surface area (Å²) in [6, 6.07) is 9.52. The minimum absolute atomic E-state index is 0.0749. The van der Waals surface area contributed by atoms with Gasteiger partial charge in [-0.05, 0) is 69.0 Å². The standard InChI is InChI=1S/C22H26N4O2/c27-22-14-20(28-16-17-3-4-17)7-10-25(22)19-5-6-21-18(13-19)15-23-26(21)12-11-24-8-1-2-9-24/h5-7,10,13-15,17H,1-4,8-9,11-12,16H2. The Morgan fingerprint density at radius 2 is 1.93 bits per heavy atom. The Bertz CT molecular complexity index is 1030. The van der Waals surface area contributed by atoms with Gasteiger partial charge in [0.15, 0.2) is 0 Å². The Labute approximate surface area is 164 Å². The highest BCUT2D eigenvalue weighted by Crippen LogP contribution is 2.29. The highest BCUT2D eigenvalue weighted by Gasteiger charge is 2.22. The van der Waals surface area contributed by atoms with Gasteiger partial charge in [0.05, 0.1) is 24.9 Å². The molecule has 2 aliphatic rings. The highest BCUT2D eigenvalue weighted by molar-refractivity contribution is 5.80. The van der Waals surface area contributed by atoms with E-state index in [9.17, 15) is 4.79 Å². The zero-order chi connectivity index (χ0) is 18.9. The zero-order valence-electron chi connectivity index (χ0n) is 16.1. The molecule has 6 heteroatoms. The van der Waals surface area contributed by atoms with Gasteiger partial charge in [-0.25, -0.2) is 0 Å². The Kier molecular flexibility index (Phi) is 4.64. The van der Waals surface area contributed by atoms with Crippen LogP contribution in [-0.2, 0) is 6.54 Å². The molecule has 1 saturated heterocycles. The van der Waals surface area contributed by atoms with Gasteiger partial charge in [0.1, 0.15) is 5.75 Å². The summed E-state index contributed by atoms with van der Waals surface area (Å²) in [6.07, 6.45) is 8.78. The van der Waals surface area contributed by atoms with Crippen LogP contribution in [0.15, 0.2) is 47.5 Å². The molecule has 0 spiro atoms. The summed E-state index contributed by atoms with van der Waals surface area (Å²) in [7, 11) is 0. The van der Waals surface area contributed by atoms with Crippen LogP contribution >= 0.6 is 0 Å². The number of pyridine rings is 1. The Morgan fingerprint density at radius 1 is 1.07 bits per heavy atom. The highest BCUT2D eigenvalue weighted by atomic mass is 16.5. The molecular formula is C22H26N4O2. The van der Waals surface area contributed by atoms with Gasteiger partial charge in [-0.3, -0.25) is 14.0 Å². The molecule has 0 N–H and O–H groups in total. The topological polar surface area (TPSA) is 52.3 Å². The van der Waals surface area contributed by atoms with E-state index in [1.165, 1.54) is 38.8 Å². The van der Waals surface area contributed by atoms with Crippen molar-refractivity contribution in [2.75, 3.05) is 26.2 Å². The fourth-order valence-corrected chi connectivity index (χ4v) is 3.91. The fourth-order valence-electron chi connectivity index (χ4n) is 3.91. The van der Waals surface area contributed by atoms with Gasteiger partial charge >= 0.3 is 0 Å². The minimum Gasteiger partial charge on any atom is -0.493 e. The van der Waals surface area contributed by atoms with E-state index in [1.807, 2.05) is 24.4 Å². The maximum absolute atomic E-state index is 12.5. The van der Waals surface area contributed by atoms with Gasteiger partial charge < -0.3 is 9.64 Å². The second kappa shape index (κ2) is 7.43. The lowest BCUT2D eigenvalue weighted by atomic mass is 10.2. The third-order valence-electron chi connectivity index (χ3n) is 5.80. The van der Waals surface area contributed by atoms with Crippen LogP contribution in [0.4, 0.5) is 0 Å². The van der Waals surface area contributed by atoms with Gasteiger partial charge in [-0.1, -0.05) is 0 Å². The van der Waals surface area contributed by atoms with Gasteiger partial charge in [-0.2, -0.15) is 5.10 Å². The van der Waals surface area contributed by atoms with Crippen LogP contribution in [0.5, 0.6) is 5.75 Å². The van der Waals surface area contributed by atoms with Crippen molar-refractivity contribution in [2.24, 2.45) is 5.92 Å². The molecule has 2 fully saturated rings. The largest absolute Gasteiger partial charge is 0.493 e. The van der Waals surface area contributed by atoms with Gasteiger partial charge in [-0.15, -0.1) is 0 Å². The Balaban J connectivity index is 1.33. The quantitative estimate of drug-likeness (QED) is 0.634. The first-order chi connectivity index (χ1) is 13.8. The monoisotopic (exact) mass is 378 g/mol. The first kappa shape index (κ1) is 17.5. The molecule has 0 radical (unpaired) electrons. The molecule has 1 saturated carbocycles. The van der Waals surface area contributed by atoms with Crippen LogP contribution < -0.4 is 10.3 Å². The van der Waals surface area contributed by atoms with Crippen molar-refractivity contribution >= 4 is 10.9 Å². The van der Waals surface area contributed by atoms with E-state index in [-0.39, 0.29) is 5.56 Å². The second-order valence-electron chi connectivity index (χ2n) is 7.98. The second-order valence-corrected chi connectivity index (χ2v) is 7.98. The van der Waals surface area contributed by atoms with E-state index in [1.54, 1.807) is 16.8 Å². The maximum Gasteiger partial charge on any atom is 0.258 e. The summed E-state index contributed by atoms with van der Waals surface area (Å²) >= 11 is 0. The van der Waals surface area contributed by atoms with Crippen molar-refractivity contribution in [1.29, 1.82) is 0 Å². The summed E-state index contributed by atoms with van der Waals surface area (Å²) in [5.74, 6) is 1.33. The zero-order valence-corrected chi connectivity index (χ0v) is 16.1. The predicted octanol–water partition coefficient (Wildman–Crippen LogP) is 3.07. The molecule has 5 rings (SSSR count). The van der Waals surface area contributed by atoms with Crippen molar-refractivity contribution in [1.82, 2.24) is 19.2 Å². The molecule has 28 heavy (non-hydrogen) atoms. The summed E-state index contributed by atoms with van der Waals surface area (Å²) in [5.41, 5.74) is 1.89. The number of rotatable bonds is 7. The van der Waals surface area contributed by atoms with E-state index in [0.717, 1.165) is 29.7 Å². The average Bonchev–Trinajstić information content (AvgIpc) is 3.22. The molecule has 3 heterocycles. The molecule has 0 amide bonds. The van der Waals surface area contributed by atoms with Crippen molar-refractivity contribution in [3.63, 3.8) is 0 Å².